The van der Waals surface area contributed by atoms with Gasteiger partial charge in [-0.25, -0.2) is 9.37 Å². The van der Waals surface area contributed by atoms with E-state index in [1.165, 1.54) is 19.1 Å². The van der Waals surface area contributed by atoms with E-state index in [4.69, 9.17) is 4.74 Å². The molecule has 212 valence electrons. The Balaban J connectivity index is 1.35. The molecule has 1 N–H and O–H groups in total. The molecule has 40 heavy (non-hydrogen) atoms. The number of hydrogen-bond acceptors (Lipinski definition) is 6. The molecule has 2 aliphatic heterocycles. The third-order valence-corrected chi connectivity index (χ3v) is 7.35. The highest BCUT2D eigenvalue weighted by Gasteiger charge is 2.36. The third-order valence-electron chi connectivity index (χ3n) is 7.35. The Kier molecular flexibility index (Phi) is 9.82. The molecule has 2 amide bonds. The minimum absolute atomic E-state index is 0.0115. The first-order valence-corrected chi connectivity index (χ1v) is 13.8. The van der Waals surface area contributed by atoms with Crippen molar-refractivity contribution in [2.24, 2.45) is 0 Å². The Labute approximate surface area is 234 Å². The maximum Gasteiger partial charge on any atom is 0.244 e. The summed E-state index contributed by atoms with van der Waals surface area (Å²) in [6.45, 7) is 5.69. The molecule has 1 atom stereocenters. The topological polar surface area (TPSA) is 91.8 Å². The fourth-order valence-corrected chi connectivity index (χ4v) is 5.19. The minimum atomic E-state index is -0.415. The second-order valence-electron chi connectivity index (χ2n) is 10.2. The second kappa shape index (κ2) is 13.5. The molecule has 8 nitrogen and oxygen atoms in total. The number of piperazine rings is 1. The molecule has 9 heteroatoms. The van der Waals surface area contributed by atoms with Crippen molar-refractivity contribution in [3.05, 3.63) is 65.1 Å². The lowest BCUT2D eigenvalue weighted by Crippen LogP contribution is -2.57. The van der Waals surface area contributed by atoms with Crippen molar-refractivity contribution in [1.29, 1.82) is 0 Å². The van der Waals surface area contributed by atoms with Gasteiger partial charge in [0, 0.05) is 56.8 Å². The number of nitrogens with one attached hydrogen (secondary N) is 1. The van der Waals surface area contributed by atoms with Crippen LogP contribution >= 0.6 is 0 Å². The lowest BCUT2D eigenvalue weighted by atomic mass is 9.98. The average Bonchev–Trinajstić information content (AvgIpc) is 3.08. The van der Waals surface area contributed by atoms with Crippen LogP contribution in [0.15, 0.2) is 42.6 Å². The largest absolute Gasteiger partial charge is 0.496 e. The highest BCUT2D eigenvalue weighted by molar-refractivity contribution is 5.96. The van der Waals surface area contributed by atoms with Crippen LogP contribution in [-0.2, 0) is 20.9 Å². The zero-order valence-corrected chi connectivity index (χ0v) is 23.4. The molecule has 0 aliphatic carbocycles. The third kappa shape index (κ3) is 7.21. The van der Waals surface area contributed by atoms with Gasteiger partial charge in [0.2, 0.25) is 11.8 Å². The second-order valence-corrected chi connectivity index (χ2v) is 10.2. The highest BCUT2D eigenvalue weighted by atomic mass is 19.1. The van der Waals surface area contributed by atoms with Crippen LogP contribution < -0.4 is 10.1 Å². The number of rotatable bonds is 10. The van der Waals surface area contributed by atoms with Crippen LogP contribution in [0.5, 0.6) is 5.75 Å². The van der Waals surface area contributed by atoms with Crippen molar-refractivity contribution in [1.82, 2.24) is 14.8 Å². The Hall–Kier alpha value is -3.85. The number of carbonyl (C=O) groups is 3. The van der Waals surface area contributed by atoms with Gasteiger partial charge in [0.25, 0.3) is 0 Å². The summed E-state index contributed by atoms with van der Waals surface area (Å²) in [7, 11) is 1.58. The summed E-state index contributed by atoms with van der Waals surface area (Å²) in [5.41, 5.74) is 3.44. The molecule has 1 fully saturated rings. The Morgan fingerprint density at radius 3 is 2.80 bits per heavy atom. The first-order valence-electron chi connectivity index (χ1n) is 13.8. The van der Waals surface area contributed by atoms with Gasteiger partial charge >= 0.3 is 0 Å². The van der Waals surface area contributed by atoms with E-state index in [1.807, 2.05) is 6.07 Å². The SMILES string of the molecule is CCCC(=CCCCC(=O)C=Cc1cnc2c(c1)CN1CCN(C(C)=O)CC1C(=O)N2)c1cc(F)ccc1OC. The van der Waals surface area contributed by atoms with Crippen molar-refractivity contribution in [2.45, 2.75) is 58.5 Å². The van der Waals surface area contributed by atoms with E-state index in [2.05, 4.69) is 28.2 Å². The van der Waals surface area contributed by atoms with Gasteiger partial charge in [-0.15, -0.1) is 0 Å². The standard InChI is InChI=1S/C31H37FN4O4/c1-4-7-23(27-17-25(32)11-13-29(27)40-3)8-5-6-9-26(38)12-10-22-16-24-19-36-15-14-35(21(2)37)20-28(36)31(39)34-30(24)33-18-22/h8,10-13,16-18,28H,4-7,9,14-15,19-20H2,1-3H3,(H,33,34,39). The van der Waals surface area contributed by atoms with Gasteiger partial charge in [-0.3, -0.25) is 19.3 Å². The Morgan fingerprint density at radius 1 is 1.23 bits per heavy atom. The number of carbonyl (C=O) groups excluding carboxylic acids is 3. The summed E-state index contributed by atoms with van der Waals surface area (Å²) in [5, 5.41) is 2.89. The Bertz CT molecular complexity index is 1320. The van der Waals surface area contributed by atoms with Crippen molar-refractivity contribution in [2.75, 3.05) is 32.1 Å². The average molecular weight is 549 g/mol. The van der Waals surface area contributed by atoms with Crippen LogP contribution in [0.4, 0.5) is 10.2 Å². The van der Waals surface area contributed by atoms with Crippen molar-refractivity contribution in [3.8, 4) is 5.75 Å². The molecule has 0 saturated carbocycles. The molecular weight excluding hydrogens is 511 g/mol. The van der Waals surface area contributed by atoms with Gasteiger partial charge in [-0.1, -0.05) is 19.4 Å². The fourth-order valence-electron chi connectivity index (χ4n) is 5.19. The summed E-state index contributed by atoms with van der Waals surface area (Å²) >= 11 is 0. The first kappa shape index (κ1) is 29.1. The predicted molar refractivity (Wildman–Crippen MR) is 153 cm³/mol. The number of anilines is 1. The number of aromatic nitrogens is 1. The summed E-state index contributed by atoms with van der Waals surface area (Å²) < 4.78 is 19.3. The number of ether oxygens (including phenoxy) is 1. The van der Waals surface area contributed by atoms with Gasteiger partial charge < -0.3 is 15.0 Å². The molecule has 4 rings (SSSR count). The number of methoxy groups -OCH3 is 1. The monoisotopic (exact) mass is 548 g/mol. The number of unbranched alkanes of at least 4 members (excludes halogenated alkanes) is 1. The quantitative estimate of drug-likeness (QED) is 0.337. The molecule has 0 radical (unpaired) electrons. The van der Waals surface area contributed by atoms with Gasteiger partial charge in [0.1, 0.15) is 23.4 Å². The van der Waals surface area contributed by atoms with E-state index in [0.717, 1.165) is 35.1 Å². The molecule has 3 heterocycles. The molecule has 2 aromatic rings. The normalized spacial score (nSPS) is 17.7. The van der Waals surface area contributed by atoms with E-state index in [9.17, 15) is 18.8 Å². The maximum atomic E-state index is 13.9. The number of fused-ring (bicyclic) bond motifs is 2. The smallest absolute Gasteiger partial charge is 0.244 e. The summed E-state index contributed by atoms with van der Waals surface area (Å²) in [6, 6.07) is 6.06. The van der Waals surface area contributed by atoms with E-state index in [0.29, 0.717) is 57.0 Å². The molecule has 0 spiro atoms. The number of allylic oxidation sites excluding steroid dienone is 3. The maximum absolute atomic E-state index is 13.9. The van der Waals surface area contributed by atoms with Crippen LogP contribution in [-0.4, -0.2) is 65.2 Å². The molecule has 2 aliphatic rings. The number of pyridine rings is 1. The Morgan fingerprint density at radius 2 is 2.05 bits per heavy atom. The van der Waals surface area contributed by atoms with Crippen LogP contribution in [0.3, 0.4) is 0 Å². The highest BCUT2D eigenvalue weighted by Crippen LogP contribution is 2.31. The molecular formula is C31H37FN4O4. The van der Waals surface area contributed by atoms with Crippen molar-refractivity contribution < 1.29 is 23.5 Å². The van der Waals surface area contributed by atoms with E-state index in [1.54, 1.807) is 36.4 Å². The molecule has 1 saturated heterocycles. The number of nitrogens with zero attached hydrogens (tertiary/aromatic N) is 3. The molecule has 0 bridgehead atoms. The number of benzene rings is 1. The van der Waals surface area contributed by atoms with Gasteiger partial charge in [0.05, 0.1) is 7.11 Å². The van der Waals surface area contributed by atoms with Crippen LogP contribution in [0.25, 0.3) is 11.6 Å². The van der Waals surface area contributed by atoms with Gasteiger partial charge in [0.15, 0.2) is 5.78 Å². The molecule has 1 aromatic heterocycles. The number of hydrogen-bond donors (Lipinski definition) is 1. The lowest BCUT2D eigenvalue weighted by Gasteiger charge is -2.38. The zero-order chi connectivity index (χ0) is 28.6. The fraction of sp³-hybridized carbons (Fsp3) is 0.419. The van der Waals surface area contributed by atoms with Gasteiger partial charge in [-0.05, 0) is 66.8 Å². The van der Waals surface area contributed by atoms with Crippen LogP contribution in [0.2, 0.25) is 0 Å². The number of ketones is 1. The van der Waals surface area contributed by atoms with Crippen LogP contribution in [0, 0.1) is 5.82 Å². The van der Waals surface area contributed by atoms with Crippen LogP contribution in [0.1, 0.15) is 62.6 Å². The van der Waals surface area contributed by atoms with E-state index >= 15 is 0 Å². The summed E-state index contributed by atoms with van der Waals surface area (Å²) in [6.07, 6.45) is 10.5. The lowest BCUT2D eigenvalue weighted by molar-refractivity contribution is -0.134. The summed E-state index contributed by atoms with van der Waals surface area (Å²) in [5.74, 6) is 0.668. The number of amides is 2. The van der Waals surface area contributed by atoms with E-state index < -0.39 is 6.04 Å². The van der Waals surface area contributed by atoms with Crippen molar-refractivity contribution in [3.63, 3.8) is 0 Å². The van der Waals surface area contributed by atoms with E-state index in [-0.39, 0.29) is 23.4 Å². The molecule has 1 aromatic carbocycles. The summed E-state index contributed by atoms with van der Waals surface area (Å²) in [4.78, 5) is 45.4. The zero-order valence-electron chi connectivity index (χ0n) is 23.4. The predicted octanol–water partition coefficient (Wildman–Crippen LogP) is 4.85. The number of halogens is 1. The molecule has 1 unspecified atom stereocenters. The van der Waals surface area contributed by atoms with Crippen molar-refractivity contribution >= 4 is 35.1 Å². The van der Waals surface area contributed by atoms with Gasteiger partial charge in [-0.2, -0.15) is 0 Å². The minimum Gasteiger partial charge on any atom is -0.496 e. The first-order chi connectivity index (χ1) is 19.3.